The molecule has 1 aliphatic rings. The zero-order valence-electron chi connectivity index (χ0n) is 11.3. The van der Waals surface area contributed by atoms with Gasteiger partial charge in [0.2, 0.25) is 0 Å². The predicted molar refractivity (Wildman–Crippen MR) is 81.8 cm³/mol. The van der Waals surface area contributed by atoms with Crippen LogP contribution in [0.3, 0.4) is 0 Å². The van der Waals surface area contributed by atoms with Crippen molar-refractivity contribution in [2.45, 2.75) is 13.5 Å². The summed E-state index contributed by atoms with van der Waals surface area (Å²) in [4.78, 5) is 9.47. The Morgan fingerprint density at radius 2 is 2.05 bits per heavy atom. The quantitative estimate of drug-likeness (QED) is 0.930. The van der Waals surface area contributed by atoms with E-state index < -0.39 is 0 Å². The summed E-state index contributed by atoms with van der Waals surface area (Å²) >= 11 is 1.71. The van der Waals surface area contributed by atoms with E-state index in [2.05, 4.69) is 39.9 Å². The van der Waals surface area contributed by atoms with Crippen LogP contribution in [0.15, 0.2) is 18.2 Å². The van der Waals surface area contributed by atoms with Crippen LogP contribution in [0, 0.1) is 0 Å². The third-order valence-electron chi connectivity index (χ3n) is 3.78. The summed E-state index contributed by atoms with van der Waals surface area (Å²) in [5, 5.41) is 1.02. The Morgan fingerprint density at radius 3 is 2.74 bits per heavy atom. The van der Waals surface area contributed by atoms with Crippen LogP contribution in [-0.4, -0.2) is 42.6 Å². The Morgan fingerprint density at radius 1 is 1.26 bits per heavy atom. The van der Waals surface area contributed by atoms with Gasteiger partial charge in [-0.1, -0.05) is 6.92 Å². The highest BCUT2D eigenvalue weighted by Gasteiger charge is 2.16. The van der Waals surface area contributed by atoms with Crippen molar-refractivity contribution in [3.8, 4) is 0 Å². The van der Waals surface area contributed by atoms with E-state index >= 15 is 0 Å². The maximum absolute atomic E-state index is 5.66. The molecule has 102 valence electrons. The van der Waals surface area contributed by atoms with E-state index in [-0.39, 0.29) is 0 Å². The second-order valence-corrected chi connectivity index (χ2v) is 6.00. The molecule has 1 aromatic heterocycles. The van der Waals surface area contributed by atoms with Crippen LogP contribution in [0.4, 0.5) is 5.69 Å². The number of fused-ring (bicyclic) bond motifs is 1. The van der Waals surface area contributed by atoms with Crippen molar-refractivity contribution in [3.05, 3.63) is 23.2 Å². The number of thiazole rings is 1. The van der Waals surface area contributed by atoms with E-state index in [1.165, 1.54) is 10.4 Å². The third kappa shape index (κ3) is 2.59. The maximum Gasteiger partial charge on any atom is 0.107 e. The van der Waals surface area contributed by atoms with Crippen molar-refractivity contribution in [1.82, 2.24) is 9.88 Å². The summed E-state index contributed by atoms with van der Waals surface area (Å²) in [5.74, 6) is 0. The number of piperazine rings is 1. The van der Waals surface area contributed by atoms with Crippen molar-refractivity contribution in [1.29, 1.82) is 0 Å². The summed E-state index contributed by atoms with van der Waals surface area (Å²) in [6.07, 6.45) is 0. The normalized spacial score (nSPS) is 17.3. The molecule has 1 fully saturated rings. The van der Waals surface area contributed by atoms with E-state index in [4.69, 9.17) is 5.73 Å². The maximum atomic E-state index is 5.66. The minimum Gasteiger partial charge on any atom is -0.369 e. The zero-order chi connectivity index (χ0) is 13.2. The molecule has 1 saturated heterocycles. The number of rotatable bonds is 3. The summed E-state index contributed by atoms with van der Waals surface area (Å²) in [7, 11) is 0. The molecule has 0 amide bonds. The molecule has 0 unspecified atom stereocenters. The standard InChI is InChI=1S/C14H20N4S/c1-2-17-5-7-18(8-6-17)11-3-4-12-13(9-11)19-14(10-15)16-12/h3-4,9H,2,5-8,10,15H2,1H3. The number of benzene rings is 1. The van der Waals surface area contributed by atoms with Crippen LogP contribution in [0.5, 0.6) is 0 Å². The molecule has 2 heterocycles. The minimum absolute atomic E-state index is 0.532. The molecular formula is C14H20N4S. The SMILES string of the molecule is CCN1CCN(c2ccc3nc(CN)sc3c2)CC1. The second-order valence-electron chi connectivity index (χ2n) is 4.89. The van der Waals surface area contributed by atoms with Gasteiger partial charge in [-0.25, -0.2) is 4.98 Å². The predicted octanol–water partition coefficient (Wildman–Crippen LogP) is 1.90. The molecule has 0 spiro atoms. The van der Waals surface area contributed by atoms with Gasteiger partial charge < -0.3 is 15.5 Å². The average molecular weight is 276 g/mol. The Balaban J connectivity index is 1.81. The van der Waals surface area contributed by atoms with Gasteiger partial charge in [0.15, 0.2) is 0 Å². The summed E-state index contributed by atoms with van der Waals surface area (Å²) in [6, 6.07) is 6.56. The van der Waals surface area contributed by atoms with Gasteiger partial charge in [0, 0.05) is 38.4 Å². The van der Waals surface area contributed by atoms with E-state index in [9.17, 15) is 0 Å². The molecule has 1 aliphatic heterocycles. The van der Waals surface area contributed by atoms with E-state index in [1.807, 2.05) is 0 Å². The molecule has 5 heteroatoms. The number of aromatic nitrogens is 1. The molecule has 19 heavy (non-hydrogen) atoms. The monoisotopic (exact) mass is 276 g/mol. The molecule has 0 atom stereocenters. The van der Waals surface area contributed by atoms with E-state index in [0.717, 1.165) is 43.2 Å². The number of nitrogens with zero attached hydrogens (tertiary/aromatic N) is 3. The van der Waals surface area contributed by atoms with Crippen molar-refractivity contribution < 1.29 is 0 Å². The molecular weight excluding hydrogens is 256 g/mol. The van der Waals surface area contributed by atoms with Crippen molar-refractivity contribution in [2.75, 3.05) is 37.6 Å². The van der Waals surface area contributed by atoms with Gasteiger partial charge in [0.25, 0.3) is 0 Å². The first-order valence-corrected chi connectivity index (χ1v) is 7.68. The molecule has 4 nitrogen and oxygen atoms in total. The number of likely N-dealkylation sites (N-methyl/N-ethyl adjacent to an activating group) is 1. The van der Waals surface area contributed by atoms with Crippen LogP contribution < -0.4 is 10.6 Å². The first-order valence-electron chi connectivity index (χ1n) is 6.87. The van der Waals surface area contributed by atoms with Gasteiger partial charge >= 0.3 is 0 Å². The molecule has 2 aromatic rings. The summed E-state index contributed by atoms with van der Waals surface area (Å²) < 4.78 is 1.25. The lowest BCUT2D eigenvalue weighted by molar-refractivity contribution is 0.271. The average Bonchev–Trinajstić information content (AvgIpc) is 2.89. The Kier molecular flexibility index (Phi) is 3.68. The van der Waals surface area contributed by atoms with Crippen molar-refractivity contribution >= 4 is 27.2 Å². The van der Waals surface area contributed by atoms with Crippen LogP contribution in [-0.2, 0) is 6.54 Å². The van der Waals surface area contributed by atoms with Gasteiger partial charge in [-0.2, -0.15) is 0 Å². The third-order valence-corrected chi connectivity index (χ3v) is 4.82. The van der Waals surface area contributed by atoms with Gasteiger partial charge in [0.05, 0.1) is 10.2 Å². The first kappa shape index (κ1) is 12.8. The molecule has 0 saturated carbocycles. The Hall–Kier alpha value is -1.17. The fourth-order valence-electron chi connectivity index (χ4n) is 2.57. The highest BCUT2D eigenvalue weighted by atomic mass is 32.1. The Labute approximate surface area is 117 Å². The summed E-state index contributed by atoms with van der Waals surface area (Å²) in [5.41, 5.74) is 8.04. The van der Waals surface area contributed by atoms with Gasteiger partial charge in [-0.15, -0.1) is 11.3 Å². The number of hydrogen-bond donors (Lipinski definition) is 1. The molecule has 0 aliphatic carbocycles. The molecule has 3 rings (SSSR count). The fraction of sp³-hybridized carbons (Fsp3) is 0.500. The summed E-state index contributed by atoms with van der Waals surface area (Å²) in [6.45, 7) is 8.46. The molecule has 1 aromatic carbocycles. The van der Waals surface area contributed by atoms with Crippen LogP contribution in [0.25, 0.3) is 10.2 Å². The van der Waals surface area contributed by atoms with Gasteiger partial charge in [-0.05, 0) is 24.7 Å². The van der Waals surface area contributed by atoms with E-state index in [1.54, 1.807) is 11.3 Å². The number of hydrogen-bond acceptors (Lipinski definition) is 5. The zero-order valence-corrected chi connectivity index (χ0v) is 12.1. The van der Waals surface area contributed by atoms with Gasteiger partial charge in [0.1, 0.15) is 5.01 Å². The highest BCUT2D eigenvalue weighted by molar-refractivity contribution is 7.18. The van der Waals surface area contributed by atoms with E-state index in [0.29, 0.717) is 6.54 Å². The largest absolute Gasteiger partial charge is 0.369 e. The van der Waals surface area contributed by atoms with Gasteiger partial charge in [-0.3, -0.25) is 0 Å². The second kappa shape index (κ2) is 5.45. The molecule has 2 N–H and O–H groups in total. The number of nitrogens with two attached hydrogens (primary N) is 1. The topological polar surface area (TPSA) is 45.4 Å². The van der Waals surface area contributed by atoms with Crippen molar-refractivity contribution in [3.63, 3.8) is 0 Å². The lowest BCUT2D eigenvalue weighted by Crippen LogP contribution is -2.46. The first-order chi connectivity index (χ1) is 9.30. The lowest BCUT2D eigenvalue weighted by Gasteiger charge is -2.35. The fourth-order valence-corrected chi connectivity index (χ4v) is 3.45. The van der Waals surface area contributed by atoms with Crippen LogP contribution in [0.1, 0.15) is 11.9 Å². The van der Waals surface area contributed by atoms with Crippen LogP contribution in [0.2, 0.25) is 0 Å². The molecule has 0 radical (unpaired) electrons. The lowest BCUT2D eigenvalue weighted by atomic mass is 10.2. The van der Waals surface area contributed by atoms with Crippen LogP contribution >= 0.6 is 11.3 Å². The number of anilines is 1. The molecule has 0 bridgehead atoms. The minimum atomic E-state index is 0.532. The highest BCUT2D eigenvalue weighted by Crippen LogP contribution is 2.27. The van der Waals surface area contributed by atoms with Crippen molar-refractivity contribution in [2.24, 2.45) is 5.73 Å². The Bertz CT molecular complexity index is 558. The smallest absolute Gasteiger partial charge is 0.107 e.